The summed E-state index contributed by atoms with van der Waals surface area (Å²) in [7, 11) is 0. The quantitative estimate of drug-likeness (QED) is 0.814. The third kappa shape index (κ3) is 3.27. The van der Waals surface area contributed by atoms with E-state index in [-0.39, 0.29) is 0 Å². The van der Waals surface area contributed by atoms with E-state index in [0.29, 0.717) is 18.1 Å². The van der Waals surface area contributed by atoms with Crippen LogP contribution in [0.5, 0.6) is 0 Å². The highest BCUT2D eigenvalue weighted by Crippen LogP contribution is 2.10. The summed E-state index contributed by atoms with van der Waals surface area (Å²) < 4.78 is 1.56. The molecule has 2 aromatic rings. The van der Waals surface area contributed by atoms with Crippen molar-refractivity contribution in [3.63, 3.8) is 0 Å². The van der Waals surface area contributed by atoms with Gasteiger partial charge in [0.15, 0.2) is 5.82 Å². The molecule has 0 spiro atoms. The van der Waals surface area contributed by atoms with Gasteiger partial charge < -0.3 is 10.4 Å². The molecule has 0 aliphatic carbocycles. The first-order valence-corrected chi connectivity index (χ1v) is 6.02. The van der Waals surface area contributed by atoms with Gasteiger partial charge in [-0.1, -0.05) is 13.3 Å². The molecule has 2 aromatic heterocycles. The lowest BCUT2D eigenvalue weighted by Crippen LogP contribution is -2.29. The third-order valence-corrected chi connectivity index (χ3v) is 2.56. The van der Waals surface area contributed by atoms with E-state index in [1.54, 1.807) is 29.3 Å². The fraction of sp³-hybridized carbons (Fsp3) is 0.333. The van der Waals surface area contributed by atoms with Crippen molar-refractivity contribution in [3.05, 3.63) is 30.9 Å². The zero-order valence-corrected chi connectivity index (χ0v) is 10.5. The number of hydrogen-bond donors (Lipinski definition) is 2. The van der Waals surface area contributed by atoms with Crippen molar-refractivity contribution in [1.29, 1.82) is 0 Å². The van der Waals surface area contributed by atoms with Crippen LogP contribution in [-0.4, -0.2) is 36.9 Å². The van der Waals surface area contributed by atoms with E-state index in [9.17, 15) is 4.79 Å². The SMILES string of the molecule is CCCC(Nc1cncc(-n2cccn2)n1)C(=O)O. The van der Waals surface area contributed by atoms with Gasteiger partial charge in [0.1, 0.15) is 11.9 Å². The van der Waals surface area contributed by atoms with Gasteiger partial charge in [0.05, 0.1) is 12.4 Å². The fourth-order valence-corrected chi connectivity index (χ4v) is 1.66. The Morgan fingerprint density at radius 2 is 2.37 bits per heavy atom. The fourth-order valence-electron chi connectivity index (χ4n) is 1.66. The van der Waals surface area contributed by atoms with Crippen molar-refractivity contribution in [1.82, 2.24) is 19.7 Å². The first kappa shape index (κ1) is 13.0. The minimum Gasteiger partial charge on any atom is -0.480 e. The number of aromatic nitrogens is 4. The Morgan fingerprint density at radius 1 is 1.53 bits per heavy atom. The summed E-state index contributed by atoms with van der Waals surface area (Å²) in [6.45, 7) is 1.93. The number of aliphatic carboxylic acids is 1. The van der Waals surface area contributed by atoms with Gasteiger partial charge in [-0.2, -0.15) is 5.10 Å². The summed E-state index contributed by atoms with van der Waals surface area (Å²) in [6, 6.07) is 1.12. The molecule has 2 rings (SSSR count). The van der Waals surface area contributed by atoms with Crippen molar-refractivity contribution in [2.24, 2.45) is 0 Å². The average molecular weight is 261 g/mol. The highest BCUT2D eigenvalue weighted by Gasteiger charge is 2.16. The number of rotatable bonds is 6. The van der Waals surface area contributed by atoms with Gasteiger partial charge in [0.25, 0.3) is 0 Å². The van der Waals surface area contributed by atoms with E-state index in [4.69, 9.17) is 5.11 Å². The van der Waals surface area contributed by atoms with Gasteiger partial charge in [0, 0.05) is 12.4 Å². The topological polar surface area (TPSA) is 92.9 Å². The maximum atomic E-state index is 11.1. The Kier molecular flexibility index (Phi) is 4.07. The second kappa shape index (κ2) is 5.94. The molecule has 1 atom stereocenters. The summed E-state index contributed by atoms with van der Waals surface area (Å²) in [5.74, 6) is 0.0672. The molecule has 2 heterocycles. The zero-order chi connectivity index (χ0) is 13.7. The van der Waals surface area contributed by atoms with Gasteiger partial charge >= 0.3 is 5.97 Å². The third-order valence-electron chi connectivity index (χ3n) is 2.56. The Hall–Kier alpha value is -2.44. The summed E-state index contributed by atoms with van der Waals surface area (Å²) in [5.41, 5.74) is 0. The number of carboxylic acids is 1. The predicted octanol–water partition coefficient (Wildman–Crippen LogP) is 1.33. The van der Waals surface area contributed by atoms with Crippen molar-refractivity contribution < 1.29 is 9.90 Å². The monoisotopic (exact) mass is 261 g/mol. The van der Waals surface area contributed by atoms with Crippen LogP contribution in [0, 0.1) is 0 Å². The molecule has 0 saturated heterocycles. The molecule has 0 aromatic carbocycles. The molecule has 0 radical (unpaired) electrons. The summed E-state index contributed by atoms with van der Waals surface area (Å²) in [6.07, 6.45) is 7.75. The van der Waals surface area contributed by atoms with E-state index in [1.807, 2.05) is 6.92 Å². The van der Waals surface area contributed by atoms with E-state index in [1.165, 1.54) is 6.20 Å². The highest BCUT2D eigenvalue weighted by atomic mass is 16.4. The molecular weight excluding hydrogens is 246 g/mol. The second-order valence-corrected chi connectivity index (χ2v) is 4.04. The van der Waals surface area contributed by atoms with Crippen LogP contribution in [0.3, 0.4) is 0 Å². The molecule has 0 aliphatic heterocycles. The lowest BCUT2D eigenvalue weighted by atomic mass is 10.2. The van der Waals surface area contributed by atoms with Crippen LogP contribution in [0.1, 0.15) is 19.8 Å². The maximum Gasteiger partial charge on any atom is 0.326 e. The predicted molar refractivity (Wildman–Crippen MR) is 69.1 cm³/mol. The van der Waals surface area contributed by atoms with Crippen LogP contribution >= 0.6 is 0 Å². The molecule has 7 heteroatoms. The van der Waals surface area contributed by atoms with Crippen molar-refractivity contribution in [2.75, 3.05) is 5.32 Å². The molecule has 7 nitrogen and oxygen atoms in total. The van der Waals surface area contributed by atoms with Crippen LogP contribution in [0.15, 0.2) is 30.9 Å². The normalized spacial score (nSPS) is 12.1. The van der Waals surface area contributed by atoms with Crippen LogP contribution in [0.2, 0.25) is 0 Å². The maximum absolute atomic E-state index is 11.1. The molecule has 1 unspecified atom stereocenters. The number of nitrogens with zero attached hydrogens (tertiary/aromatic N) is 4. The van der Waals surface area contributed by atoms with Gasteiger partial charge in [-0.3, -0.25) is 4.98 Å². The van der Waals surface area contributed by atoms with E-state index in [0.717, 1.165) is 6.42 Å². The zero-order valence-electron chi connectivity index (χ0n) is 10.5. The van der Waals surface area contributed by atoms with E-state index >= 15 is 0 Å². The standard InChI is InChI=1S/C12H15N5O2/c1-2-4-9(12(18)19)15-10-7-13-8-11(16-10)17-6-3-5-14-17/h3,5-9H,2,4H2,1H3,(H,15,16)(H,18,19). The van der Waals surface area contributed by atoms with Gasteiger partial charge in [-0.15, -0.1) is 0 Å². The molecule has 0 bridgehead atoms. The minimum absolute atomic E-state index is 0.425. The molecule has 0 aliphatic rings. The first-order valence-electron chi connectivity index (χ1n) is 6.02. The molecule has 0 saturated carbocycles. The van der Waals surface area contributed by atoms with Crippen LogP contribution < -0.4 is 5.32 Å². The van der Waals surface area contributed by atoms with Gasteiger partial charge in [0.2, 0.25) is 0 Å². The van der Waals surface area contributed by atoms with Crippen molar-refractivity contribution in [3.8, 4) is 5.82 Å². The summed E-state index contributed by atoms with van der Waals surface area (Å²) in [5, 5.41) is 16.0. The minimum atomic E-state index is -0.895. The number of anilines is 1. The van der Waals surface area contributed by atoms with Crippen LogP contribution in [0.4, 0.5) is 5.82 Å². The molecule has 100 valence electrons. The molecular formula is C12H15N5O2. The first-order chi connectivity index (χ1) is 9.20. The van der Waals surface area contributed by atoms with E-state index < -0.39 is 12.0 Å². The smallest absolute Gasteiger partial charge is 0.326 e. The Bertz CT molecular complexity index is 541. The van der Waals surface area contributed by atoms with Gasteiger partial charge in [-0.25, -0.2) is 14.5 Å². The lowest BCUT2D eigenvalue weighted by Gasteiger charge is -2.14. The molecule has 19 heavy (non-hydrogen) atoms. The Balaban J connectivity index is 2.17. The Labute approximate surface area is 110 Å². The summed E-state index contributed by atoms with van der Waals surface area (Å²) in [4.78, 5) is 19.4. The summed E-state index contributed by atoms with van der Waals surface area (Å²) >= 11 is 0. The number of carboxylic acid groups (broad SMARTS) is 1. The number of nitrogens with one attached hydrogen (secondary N) is 1. The lowest BCUT2D eigenvalue weighted by molar-refractivity contribution is -0.138. The van der Waals surface area contributed by atoms with E-state index in [2.05, 4.69) is 20.4 Å². The van der Waals surface area contributed by atoms with Gasteiger partial charge in [-0.05, 0) is 12.5 Å². The largest absolute Gasteiger partial charge is 0.480 e. The van der Waals surface area contributed by atoms with Crippen LogP contribution in [0.25, 0.3) is 5.82 Å². The number of carbonyl (C=O) groups is 1. The number of hydrogen-bond acceptors (Lipinski definition) is 5. The van der Waals surface area contributed by atoms with Crippen LogP contribution in [-0.2, 0) is 4.79 Å². The Morgan fingerprint density at radius 3 is 3.00 bits per heavy atom. The van der Waals surface area contributed by atoms with Crippen molar-refractivity contribution in [2.45, 2.75) is 25.8 Å². The molecule has 0 amide bonds. The molecule has 2 N–H and O–H groups in total. The average Bonchev–Trinajstić information content (AvgIpc) is 2.92. The second-order valence-electron chi connectivity index (χ2n) is 4.04. The highest BCUT2D eigenvalue weighted by molar-refractivity contribution is 5.76. The molecule has 0 fully saturated rings. The van der Waals surface area contributed by atoms with Crippen molar-refractivity contribution >= 4 is 11.8 Å².